The van der Waals surface area contributed by atoms with Crippen molar-refractivity contribution in [2.24, 2.45) is 0 Å². The molecule has 0 saturated heterocycles. The van der Waals surface area contributed by atoms with Crippen LogP contribution in [-0.4, -0.2) is 28.5 Å². The average molecular weight is 356 g/mol. The Morgan fingerprint density at radius 1 is 1.12 bits per heavy atom. The molecule has 138 valence electrons. The maximum atomic E-state index is 13.6. The quantitative estimate of drug-likeness (QED) is 0.774. The Hall–Kier alpha value is -2.50. The number of hydrogen-bond donors (Lipinski definition) is 2. The van der Waals surface area contributed by atoms with E-state index in [4.69, 9.17) is 0 Å². The number of amides is 1. The monoisotopic (exact) mass is 356 g/mol. The van der Waals surface area contributed by atoms with Gasteiger partial charge in [0.05, 0.1) is 0 Å². The summed E-state index contributed by atoms with van der Waals surface area (Å²) in [6.45, 7) is 0.495. The Balaban J connectivity index is 1.53. The van der Waals surface area contributed by atoms with Crippen molar-refractivity contribution in [1.29, 1.82) is 0 Å². The molecule has 0 unspecified atom stereocenters. The third kappa shape index (κ3) is 5.25. The van der Waals surface area contributed by atoms with E-state index in [-0.39, 0.29) is 17.8 Å². The molecule has 3 rings (SSSR count). The van der Waals surface area contributed by atoms with Crippen LogP contribution in [0, 0.1) is 5.82 Å². The van der Waals surface area contributed by atoms with Gasteiger partial charge in [-0.15, -0.1) is 0 Å². The van der Waals surface area contributed by atoms with E-state index in [0.717, 1.165) is 25.7 Å². The van der Waals surface area contributed by atoms with Crippen molar-refractivity contribution in [2.45, 2.75) is 51.0 Å². The van der Waals surface area contributed by atoms with Gasteiger partial charge in [0.2, 0.25) is 5.95 Å². The second-order valence-corrected chi connectivity index (χ2v) is 6.70. The van der Waals surface area contributed by atoms with E-state index in [0.29, 0.717) is 30.2 Å². The second-order valence-electron chi connectivity index (χ2n) is 6.70. The van der Waals surface area contributed by atoms with Crippen LogP contribution in [-0.2, 0) is 6.42 Å². The van der Waals surface area contributed by atoms with E-state index < -0.39 is 0 Å². The van der Waals surface area contributed by atoms with Crippen LogP contribution in [0.3, 0.4) is 0 Å². The Morgan fingerprint density at radius 3 is 2.65 bits per heavy atom. The fourth-order valence-corrected chi connectivity index (χ4v) is 3.26. The maximum Gasteiger partial charge on any atom is 0.270 e. The van der Waals surface area contributed by atoms with Gasteiger partial charge in [-0.05, 0) is 37.0 Å². The van der Waals surface area contributed by atoms with E-state index in [1.54, 1.807) is 24.4 Å². The summed E-state index contributed by atoms with van der Waals surface area (Å²) in [7, 11) is 0. The minimum Gasteiger partial charge on any atom is -0.354 e. The highest BCUT2D eigenvalue weighted by atomic mass is 19.1. The zero-order chi connectivity index (χ0) is 18.2. The minimum absolute atomic E-state index is 0.156. The molecule has 1 heterocycles. The Kier molecular flexibility index (Phi) is 6.52. The van der Waals surface area contributed by atoms with E-state index >= 15 is 0 Å². The van der Waals surface area contributed by atoms with Crippen LogP contribution in [0.15, 0.2) is 36.5 Å². The van der Waals surface area contributed by atoms with Gasteiger partial charge in [0.25, 0.3) is 5.91 Å². The van der Waals surface area contributed by atoms with E-state index in [2.05, 4.69) is 20.6 Å². The Bertz CT molecular complexity index is 729. The van der Waals surface area contributed by atoms with Crippen LogP contribution in [0.2, 0.25) is 0 Å². The largest absolute Gasteiger partial charge is 0.354 e. The summed E-state index contributed by atoms with van der Waals surface area (Å²) in [5, 5.41) is 6.15. The van der Waals surface area contributed by atoms with Crippen LogP contribution < -0.4 is 10.6 Å². The van der Waals surface area contributed by atoms with Gasteiger partial charge in [0, 0.05) is 18.8 Å². The molecule has 0 bridgehead atoms. The number of benzene rings is 1. The number of carbonyl (C=O) groups excluding carboxylic acids is 1. The Morgan fingerprint density at radius 2 is 1.88 bits per heavy atom. The number of halogens is 1. The van der Waals surface area contributed by atoms with Crippen molar-refractivity contribution >= 4 is 11.9 Å². The van der Waals surface area contributed by atoms with Gasteiger partial charge in [-0.1, -0.05) is 43.9 Å². The number of nitrogens with zero attached hydrogens (tertiary/aromatic N) is 2. The van der Waals surface area contributed by atoms with E-state index in [9.17, 15) is 9.18 Å². The average Bonchev–Trinajstić information content (AvgIpc) is 2.92. The summed E-state index contributed by atoms with van der Waals surface area (Å²) in [5.74, 6) is 0.0121. The van der Waals surface area contributed by atoms with Crippen molar-refractivity contribution in [1.82, 2.24) is 15.3 Å². The summed E-state index contributed by atoms with van der Waals surface area (Å²) < 4.78 is 13.6. The van der Waals surface area contributed by atoms with Gasteiger partial charge < -0.3 is 10.6 Å². The first kappa shape index (κ1) is 18.3. The SMILES string of the molecule is O=C(NC1CCCCCC1)c1ccnc(NCCc2ccccc2F)n1. The number of aromatic nitrogens is 2. The lowest BCUT2D eigenvalue weighted by Gasteiger charge is -2.16. The molecule has 26 heavy (non-hydrogen) atoms. The van der Waals surface area contributed by atoms with Crippen molar-refractivity contribution in [3.05, 3.63) is 53.6 Å². The number of nitrogens with one attached hydrogen (secondary N) is 2. The van der Waals surface area contributed by atoms with Crippen LogP contribution in [0.25, 0.3) is 0 Å². The lowest BCUT2D eigenvalue weighted by atomic mass is 10.1. The predicted octanol–water partition coefficient (Wildman–Crippen LogP) is 3.72. The number of anilines is 1. The molecule has 1 fully saturated rings. The molecular weight excluding hydrogens is 331 g/mol. The molecule has 0 aliphatic heterocycles. The summed E-state index contributed by atoms with van der Waals surface area (Å²) in [6.07, 6.45) is 8.98. The highest BCUT2D eigenvalue weighted by Gasteiger charge is 2.17. The fraction of sp³-hybridized carbons (Fsp3) is 0.450. The molecule has 2 aromatic rings. The first-order valence-corrected chi connectivity index (χ1v) is 9.33. The van der Waals surface area contributed by atoms with Crippen molar-refractivity contribution in [3.8, 4) is 0 Å². The van der Waals surface area contributed by atoms with E-state index in [1.165, 1.54) is 18.9 Å². The molecule has 0 spiro atoms. The molecule has 1 amide bonds. The molecule has 6 heteroatoms. The summed E-state index contributed by atoms with van der Waals surface area (Å²) in [6, 6.07) is 8.55. The Labute approximate surface area is 153 Å². The highest BCUT2D eigenvalue weighted by Crippen LogP contribution is 2.17. The van der Waals surface area contributed by atoms with Crippen molar-refractivity contribution in [3.63, 3.8) is 0 Å². The summed E-state index contributed by atoms with van der Waals surface area (Å²) in [5.41, 5.74) is 1.000. The normalized spacial score (nSPS) is 15.3. The smallest absolute Gasteiger partial charge is 0.270 e. The first-order valence-electron chi connectivity index (χ1n) is 9.33. The van der Waals surface area contributed by atoms with Crippen LogP contribution in [0.1, 0.15) is 54.6 Å². The highest BCUT2D eigenvalue weighted by molar-refractivity contribution is 5.92. The number of rotatable bonds is 6. The van der Waals surface area contributed by atoms with Gasteiger partial charge in [-0.3, -0.25) is 4.79 Å². The van der Waals surface area contributed by atoms with Crippen molar-refractivity contribution in [2.75, 3.05) is 11.9 Å². The third-order valence-corrected chi connectivity index (χ3v) is 4.71. The predicted molar refractivity (Wildman–Crippen MR) is 99.6 cm³/mol. The third-order valence-electron chi connectivity index (χ3n) is 4.71. The maximum absolute atomic E-state index is 13.6. The zero-order valence-corrected chi connectivity index (χ0v) is 14.9. The lowest BCUT2D eigenvalue weighted by Crippen LogP contribution is -2.35. The molecule has 2 N–H and O–H groups in total. The topological polar surface area (TPSA) is 66.9 Å². The fourth-order valence-electron chi connectivity index (χ4n) is 3.26. The first-order chi connectivity index (χ1) is 12.7. The summed E-state index contributed by atoms with van der Waals surface area (Å²) >= 11 is 0. The van der Waals surface area contributed by atoms with Crippen molar-refractivity contribution < 1.29 is 9.18 Å². The number of hydrogen-bond acceptors (Lipinski definition) is 4. The molecule has 1 saturated carbocycles. The molecular formula is C20H25FN4O. The zero-order valence-electron chi connectivity index (χ0n) is 14.9. The van der Waals surface area contributed by atoms with Crippen LogP contribution >= 0.6 is 0 Å². The van der Waals surface area contributed by atoms with Gasteiger partial charge in [-0.2, -0.15) is 0 Å². The van der Waals surface area contributed by atoms with Gasteiger partial charge in [0.1, 0.15) is 11.5 Å². The molecule has 1 aromatic heterocycles. The van der Waals surface area contributed by atoms with Crippen LogP contribution in [0.4, 0.5) is 10.3 Å². The summed E-state index contributed by atoms with van der Waals surface area (Å²) in [4.78, 5) is 20.9. The molecule has 0 radical (unpaired) electrons. The molecule has 1 aliphatic rings. The number of carbonyl (C=O) groups is 1. The lowest BCUT2D eigenvalue weighted by molar-refractivity contribution is 0.0928. The van der Waals surface area contributed by atoms with Gasteiger partial charge in [0.15, 0.2) is 0 Å². The molecule has 0 atom stereocenters. The van der Waals surface area contributed by atoms with Gasteiger partial charge in [-0.25, -0.2) is 14.4 Å². The molecule has 5 nitrogen and oxygen atoms in total. The minimum atomic E-state index is -0.216. The standard InChI is InChI=1S/C20H25FN4O/c21-17-10-6-5-7-15(17)11-13-22-20-23-14-12-18(25-20)19(26)24-16-8-3-1-2-4-9-16/h5-7,10,12,14,16H,1-4,8-9,11,13H2,(H,24,26)(H,22,23,25). The van der Waals surface area contributed by atoms with E-state index in [1.807, 2.05) is 6.07 Å². The van der Waals surface area contributed by atoms with Crippen LogP contribution in [0.5, 0.6) is 0 Å². The van der Waals surface area contributed by atoms with Gasteiger partial charge >= 0.3 is 0 Å². The second kappa shape index (κ2) is 9.27. The molecule has 1 aromatic carbocycles. The molecule has 1 aliphatic carbocycles.